The molecule has 0 aromatic rings. The molecule has 0 amide bonds. The van der Waals surface area contributed by atoms with Crippen molar-refractivity contribution in [1.29, 1.82) is 0 Å². The smallest absolute Gasteiger partial charge is 0.302 e. The summed E-state index contributed by atoms with van der Waals surface area (Å²) in [7, 11) is 0. The summed E-state index contributed by atoms with van der Waals surface area (Å²) in [6.07, 6.45) is 12.3. The summed E-state index contributed by atoms with van der Waals surface area (Å²) < 4.78 is 11.7. The largest absolute Gasteiger partial charge is 0.462 e. The molecule has 4 aliphatic carbocycles. The third kappa shape index (κ3) is 4.36. The molecule has 5 nitrogen and oxygen atoms in total. The van der Waals surface area contributed by atoms with Crippen molar-refractivity contribution in [2.75, 3.05) is 6.54 Å². The van der Waals surface area contributed by atoms with E-state index in [-0.39, 0.29) is 35.0 Å². The lowest BCUT2D eigenvalue weighted by Gasteiger charge is -2.58. The zero-order valence-corrected chi connectivity index (χ0v) is 23.3. The van der Waals surface area contributed by atoms with E-state index in [1.807, 2.05) is 0 Å². The summed E-state index contributed by atoms with van der Waals surface area (Å²) in [5.41, 5.74) is 3.25. The predicted octanol–water partition coefficient (Wildman–Crippen LogP) is 6.55. The second kappa shape index (κ2) is 9.58. The Balaban J connectivity index is 1.43. The third-order valence-electron chi connectivity index (χ3n) is 11.4. The standard InChI is InChI=1S/C31H47NO4/c1-18-7-10-27(32-17-18)19(2)29-28(36-21(4)34)16-26-24-9-8-22-15-23(35-20(3)33)11-13-30(22,5)25(24)12-14-31(26,29)6/h8,18-19,23-26,28-29H,7,9-17H2,1-6H3/t18-,19+,23+,24-,25-,26-,28-,29-,30-,31-/m0/s1. The van der Waals surface area contributed by atoms with Crippen molar-refractivity contribution in [3.05, 3.63) is 11.6 Å². The van der Waals surface area contributed by atoms with Crippen LogP contribution in [0.15, 0.2) is 16.6 Å². The van der Waals surface area contributed by atoms with Crippen LogP contribution in [0.3, 0.4) is 0 Å². The zero-order valence-electron chi connectivity index (χ0n) is 23.3. The molecule has 1 aliphatic heterocycles. The van der Waals surface area contributed by atoms with Crippen LogP contribution in [0.1, 0.15) is 99.3 Å². The van der Waals surface area contributed by atoms with Crippen LogP contribution in [-0.2, 0) is 19.1 Å². The molecular formula is C31H47NO4. The monoisotopic (exact) mass is 497 g/mol. The molecule has 0 aromatic heterocycles. The molecule has 5 rings (SSSR count). The Bertz CT molecular complexity index is 954. The number of carbonyl (C=O) groups excluding carboxylic acids is 2. The first-order valence-corrected chi connectivity index (χ1v) is 14.6. The minimum Gasteiger partial charge on any atom is -0.462 e. The Labute approximate surface area is 217 Å². The van der Waals surface area contributed by atoms with Crippen LogP contribution in [0.5, 0.6) is 0 Å². The van der Waals surface area contributed by atoms with Crippen LogP contribution in [0.4, 0.5) is 0 Å². The Hall–Kier alpha value is -1.65. The average Bonchev–Trinajstić information content (AvgIpc) is 3.10. The minimum absolute atomic E-state index is 0.00816. The highest BCUT2D eigenvalue weighted by Gasteiger charge is 2.63. The van der Waals surface area contributed by atoms with Gasteiger partial charge in [0.05, 0.1) is 0 Å². The SMILES string of the molecule is CC(=O)O[C@@H]1CC[C@@]2(C)C(=CC[C@@H]3[C@@H]4C[C@H](OC(C)=O)[C@H]([C@H](C)C5=NC[C@@H](C)CC5)[C@@]4(C)CC[C@@H]32)C1. The van der Waals surface area contributed by atoms with Gasteiger partial charge in [0.25, 0.3) is 0 Å². The first-order valence-electron chi connectivity index (χ1n) is 14.6. The van der Waals surface area contributed by atoms with Gasteiger partial charge >= 0.3 is 11.9 Å². The summed E-state index contributed by atoms with van der Waals surface area (Å²) >= 11 is 0. The second-order valence-corrected chi connectivity index (χ2v) is 13.5. The molecule has 5 aliphatic rings. The molecule has 1 heterocycles. The number of aliphatic imine (C=N–C) groups is 1. The van der Waals surface area contributed by atoms with Crippen molar-refractivity contribution in [3.8, 4) is 0 Å². The first-order chi connectivity index (χ1) is 17.0. The molecule has 0 spiro atoms. The van der Waals surface area contributed by atoms with Gasteiger partial charge in [-0.25, -0.2) is 0 Å². The summed E-state index contributed by atoms with van der Waals surface area (Å²) in [4.78, 5) is 28.8. The fourth-order valence-corrected chi connectivity index (χ4v) is 9.63. The molecule has 0 radical (unpaired) electrons. The van der Waals surface area contributed by atoms with Gasteiger partial charge in [0.15, 0.2) is 0 Å². The molecule has 5 heteroatoms. The van der Waals surface area contributed by atoms with Crippen LogP contribution in [0.25, 0.3) is 0 Å². The molecule has 3 fully saturated rings. The number of nitrogens with zero attached hydrogens (tertiary/aromatic N) is 1. The molecule has 3 saturated carbocycles. The maximum atomic E-state index is 12.2. The van der Waals surface area contributed by atoms with Crippen LogP contribution in [0.2, 0.25) is 0 Å². The van der Waals surface area contributed by atoms with Crippen molar-refractivity contribution >= 4 is 17.7 Å². The van der Waals surface area contributed by atoms with Crippen molar-refractivity contribution < 1.29 is 19.1 Å². The van der Waals surface area contributed by atoms with E-state index in [0.29, 0.717) is 35.5 Å². The van der Waals surface area contributed by atoms with Crippen molar-refractivity contribution in [2.45, 2.75) is 112 Å². The van der Waals surface area contributed by atoms with E-state index >= 15 is 0 Å². The summed E-state index contributed by atoms with van der Waals surface area (Å²) in [5, 5.41) is 0. The third-order valence-corrected chi connectivity index (χ3v) is 11.4. The molecular weight excluding hydrogens is 450 g/mol. The number of hydrogen-bond acceptors (Lipinski definition) is 5. The summed E-state index contributed by atoms with van der Waals surface area (Å²) in [6, 6.07) is 0. The van der Waals surface area contributed by atoms with Gasteiger partial charge in [-0.05, 0) is 85.9 Å². The second-order valence-electron chi connectivity index (χ2n) is 13.5. The van der Waals surface area contributed by atoms with Crippen LogP contribution in [-0.4, -0.2) is 36.4 Å². The van der Waals surface area contributed by atoms with E-state index in [2.05, 4.69) is 33.8 Å². The fourth-order valence-electron chi connectivity index (χ4n) is 9.63. The number of allylic oxidation sites excluding steroid dienone is 1. The number of hydrogen-bond donors (Lipinski definition) is 0. The highest BCUT2D eigenvalue weighted by Crippen LogP contribution is 2.67. The van der Waals surface area contributed by atoms with E-state index < -0.39 is 0 Å². The number of ether oxygens (including phenoxy) is 2. The van der Waals surface area contributed by atoms with E-state index in [1.165, 1.54) is 37.5 Å². The highest BCUT2D eigenvalue weighted by molar-refractivity contribution is 5.87. The van der Waals surface area contributed by atoms with Crippen molar-refractivity contribution in [3.63, 3.8) is 0 Å². The van der Waals surface area contributed by atoms with Gasteiger partial charge in [-0.15, -0.1) is 0 Å². The van der Waals surface area contributed by atoms with Gasteiger partial charge in [0.1, 0.15) is 12.2 Å². The molecule has 0 bridgehead atoms. The number of carbonyl (C=O) groups is 2. The average molecular weight is 498 g/mol. The van der Waals surface area contributed by atoms with E-state index in [0.717, 1.165) is 45.1 Å². The Morgan fingerprint density at radius 3 is 2.47 bits per heavy atom. The summed E-state index contributed by atoms with van der Waals surface area (Å²) in [5.74, 6) is 2.93. The highest BCUT2D eigenvalue weighted by atomic mass is 16.5. The normalized spacial score (nSPS) is 44.8. The van der Waals surface area contributed by atoms with E-state index in [4.69, 9.17) is 14.5 Å². The number of rotatable bonds is 4. The minimum atomic E-state index is -0.161. The lowest BCUT2D eigenvalue weighted by molar-refractivity contribution is -0.150. The Morgan fingerprint density at radius 2 is 1.81 bits per heavy atom. The molecule has 0 aromatic carbocycles. The predicted molar refractivity (Wildman–Crippen MR) is 142 cm³/mol. The Kier molecular flexibility index (Phi) is 6.91. The maximum Gasteiger partial charge on any atom is 0.302 e. The topological polar surface area (TPSA) is 65.0 Å². The van der Waals surface area contributed by atoms with E-state index in [9.17, 15) is 9.59 Å². The first kappa shape index (κ1) is 26.0. The van der Waals surface area contributed by atoms with Gasteiger partial charge in [0, 0.05) is 44.4 Å². The lowest BCUT2D eigenvalue weighted by atomic mass is 9.47. The number of fused-ring (bicyclic) bond motifs is 5. The van der Waals surface area contributed by atoms with Gasteiger partial charge in [-0.2, -0.15) is 0 Å². The molecule has 0 saturated heterocycles. The fraction of sp³-hybridized carbons (Fsp3) is 0.839. The van der Waals surface area contributed by atoms with Crippen LogP contribution >= 0.6 is 0 Å². The number of esters is 2. The van der Waals surface area contributed by atoms with Crippen LogP contribution in [0, 0.1) is 46.3 Å². The zero-order chi connectivity index (χ0) is 25.8. The maximum absolute atomic E-state index is 12.2. The van der Waals surface area contributed by atoms with Gasteiger partial charge in [-0.1, -0.05) is 39.3 Å². The van der Waals surface area contributed by atoms with Gasteiger partial charge in [0.2, 0.25) is 0 Å². The molecule has 0 unspecified atom stereocenters. The summed E-state index contributed by atoms with van der Waals surface area (Å²) in [6.45, 7) is 13.7. The van der Waals surface area contributed by atoms with Crippen molar-refractivity contribution in [1.82, 2.24) is 0 Å². The van der Waals surface area contributed by atoms with E-state index in [1.54, 1.807) is 6.92 Å². The van der Waals surface area contributed by atoms with Crippen LogP contribution < -0.4 is 0 Å². The lowest BCUT2D eigenvalue weighted by Crippen LogP contribution is -2.51. The van der Waals surface area contributed by atoms with Crippen molar-refractivity contribution in [2.24, 2.45) is 51.3 Å². The molecule has 0 N–H and O–H groups in total. The van der Waals surface area contributed by atoms with Gasteiger partial charge < -0.3 is 9.47 Å². The van der Waals surface area contributed by atoms with Gasteiger partial charge in [-0.3, -0.25) is 14.6 Å². The Morgan fingerprint density at radius 1 is 1.06 bits per heavy atom. The quantitative estimate of drug-likeness (QED) is 0.326. The molecule has 200 valence electrons. The molecule has 10 atom stereocenters. The molecule has 36 heavy (non-hydrogen) atoms.